The molecule has 0 bridgehead atoms. The van der Waals surface area contributed by atoms with E-state index in [0.29, 0.717) is 11.4 Å². The molecule has 2 heterocycles. The fraction of sp³-hybridized carbons (Fsp3) is 0.188. The fourth-order valence-corrected chi connectivity index (χ4v) is 2.27. The number of aryl methyl sites for hydroxylation is 2. The van der Waals surface area contributed by atoms with Crippen LogP contribution in [-0.2, 0) is 14.1 Å². The maximum Gasteiger partial charge on any atom is 0.276 e. The van der Waals surface area contributed by atoms with Crippen LogP contribution in [0.2, 0.25) is 0 Å². The highest BCUT2D eigenvalue weighted by Crippen LogP contribution is 2.20. The fourth-order valence-electron chi connectivity index (χ4n) is 2.27. The van der Waals surface area contributed by atoms with Crippen molar-refractivity contribution in [1.82, 2.24) is 19.6 Å². The molecule has 0 fully saturated rings. The molecule has 0 aliphatic carbocycles. The second-order valence-corrected chi connectivity index (χ2v) is 5.13. The number of anilines is 1. The lowest BCUT2D eigenvalue weighted by Crippen LogP contribution is -2.13. The molecule has 0 atom stereocenters. The predicted octanol–water partition coefficient (Wildman–Crippen LogP) is 2.38. The number of carbonyl (C=O) groups excluding carboxylic acids is 1. The van der Waals surface area contributed by atoms with Gasteiger partial charge in [-0.25, -0.2) is 0 Å². The zero-order valence-electron chi connectivity index (χ0n) is 12.7. The van der Waals surface area contributed by atoms with Gasteiger partial charge in [0.25, 0.3) is 5.91 Å². The van der Waals surface area contributed by atoms with E-state index in [-0.39, 0.29) is 5.91 Å². The van der Waals surface area contributed by atoms with Crippen LogP contribution in [0.25, 0.3) is 11.3 Å². The minimum Gasteiger partial charge on any atom is -0.318 e. The van der Waals surface area contributed by atoms with Crippen molar-refractivity contribution in [3.05, 3.63) is 54.0 Å². The van der Waals surface area contributed by atoms with Gasteiger partial charge in [0.05, 0.1) is 23.3 Å². The molecule has 0 radical (unpaired) electrons. The third kappa shape index (κ3) is 2.50. The summed E-state index contributed by atoms with van der Waals surface area (Å²) in [6, 6.07) is 11.6. The summed E-state index contributed by atoms with van der Waals surface area (Å²) < 4.78 is 3.42. The van der Waals surface area contributed by atoms with Gasteiger partial charge >= 0.3 is 0 Å². The normalized spacial score (nSPS) is 10.7. The number of hydrogen-bond acceptors (Lipinski definition) is 3. The van der Waals surface area contributed by atoms with Gasteiger partial charge in [-0.15, -0.1) is 0 Å². The molecule has 3 rings (SSSR count). The van der Waals surface area contributed by atoms with Crippen LogP contribution >= 0.6 is 0 Å². The van der Waals surface area contributed by atoms with Crippen molar-refractivity contribution in [2.24, 2.45) is 14.1 Å². The predicted molar refractivity (Wildman–Crippen MR) is 84.5 cm³/mol. The molecule has 0 aliphatic heterocycles. The zero-order chi connectivity index (χ0) is 15.7. The van der Waals surface area contributed by atoms with Crippen molar-refractivity contribution in [2.75, 3.05) is 5.32 Å². The van der Waals surface area contributed by atoms with Gasteiger partial charge < -0.3 is 5.32 Å². The second-order valence-electron chi connectivity index (χ2n) is 5.13. The van der Waals surface area contributed by atoms with Gasteiger partial charge in [-0.2, -0.15) is 10.2 Å². The van der Waals surface area contributed by atoms with E-state index in [2.05, 4.69) is 15.5 Å². The monoisotopic (exact) mass is 295 g/mol. The van der Waals surface area contributed by atoms with Crippen LogP contribution in [-0.4, -0.2) is 25.5 Å². The summed E-state index contributed by atoms with van der Waals surface area (Å²) in [5, 5.41) is 11.2. The quantitative estimate of drug-likeness (QED) is 0.807. The van der Waals surface area contributed by atoms with Crippen LogP contribution < -0.4 is 5.32 Å². The highest BCUT2D eigenvalue weighted by molar-refractivity contribution is 6.03. The SMILES string of the molecule is Cc1c(NC(=O)c2cc(-c3ccccc3)n(C)n2)cnn1C. The van der Waals surface area contributed by atoms with Crippen LogP contribution in [0.4, 0.5) is 5.69 Å². The minimum absolute atomic E-state index is 0.242. The van der Waals surface area contributed by atoms with Gasteiger partial charge in [-0.1, -0.05) is 30.3 Å². The number of benzene rings is 1. The van der Waals surface area contributed by atoms with Crippen molar-refractivity contribution < 1.29 is 4.79 Å². The Morgan fingerprint density at radius 2 is 1.86 bits per heavy atom. The molecule has 6 nitrogen and oxygen atoms in total. The summed E-state index contributed by atoms with van der Waals surface area (Å²) >= 11 is 0. The van der Waals surface area contributed by atoms with Gasteiger partial charge in [0, 0.05) is 14.1 Å². The number of nitrogens with zero attached hydrogens (tertiary/aromatic N) is 4. The molecule has 2 aromatic heterocycles. The van der Waals surface area contributed by atoms with Crippen LogP contribution in [0.3, 0.4) is 0 Å². The van der Waals surface area contributed by atoms with Crippen molar-refractivity contribution in [1.29, 1.82) is 0 Å². The average Bonchev–Trinajstić information content (AvgIpc) is 3.06. The van der Waals surface area contributed by atoms with E-state index < -0.39 is 0 Å². The van der Waals surface area contributed by atoms with Gasteiger partial charge in [-0.05, 0) is 18.6 Å². The lowest BCUT2D eigenvalue weighted by Gasteiger charge is -2.01. The molecular weight excluding hydrogens is 278 g/mol. The summed E-state index contributed by atoms with van der Waals surface area (Å²) in [6.07, 6.45) is 1.63. The minimum atomic E-state index is -0.242. The largest absolute Gasteiger partial charge is 0.318 e. The molecule has 112 valence electrons. The summed E-state index contributed by atoms with van der Waals surface area (Å²) in [4.78, 5) is 12.3. The Hall–Kier alpha value is -2.89. The number of nitrogens with one attached hydrogen (secondary N) is 1. The number of aromatic nitrogens is 4. The highest BCUT2D eigenvalue weighted by atomic mass is 16.2. The van der Waals surface area contributed by atoms with E-state index in [1.165, 1.54) is 0 Å². The molecular formula is C16H17N5O. The van der Waals surface area contributed by atoms with Gasteiger partial charge in [0.1, 0.15) is 0 Å². The van der Waals surface area contributed by atoms with E-state index in [1.807, 2.05) is 51.4 Å². The van der Waals surface area contributed by atoms with Crippen molar-refractivity contribution in [3.8, 4) is 11.3 Å². The Morgan fingerprint density at radius 1 is 1.14 bits per heavy atom. The molecule has 0 unspecified atom stereocenters. The smallest absolute Gasteiger partial charge is 0.276 e. The lowest BCUT2D eigenvalue weighted by molar-refractivity contribution is 0.102. The van der Waals surface area contributed by atoms with Gasteiger partial charge in [-0.3, -0.25) is 14.2 Å². The molecule has 0 aliphatic rings. The first-order chi connectivity index (χ1) is 10.6. The maximum atomic E-state index is 12.3. The molecule has 22 heavy (non-hydrogen) atoms. The topological polar surface area (TPSA) is 64.7 Å². The summed E-state index contributed by atoms with van der Waals surface area (Å²) in [5.74, 6) is -0.242. The first kappa shape index (κ1) is 14.1. The Balaban J connectivity index is 1.87. The Morgan fingerprint density at radius 3 is 2.50 bits per heavy atom. The summed E-state index contributed by atoms with van der Waals surface area (Å²) in [5.41, 5.74) is 3.89. The first-order valence-electron chi connectivity index (χ1n) is 6.95. The summed E-state index contributed by atoms with van der Waals surface area (Å²) in [7, 11) is 3.66. The first-order valence-corrected chi connectivity index (χ1v) is 6.95. The Bertz CT molecular complexity index is 816. The third-order valence-corrected chi connectivity index (χ3v) is 3.67. The molecule has 1 aromatic carbocycles. The van der Waals surface area contributed by atoms with E-state index in [4.69, 9.17) is 0 Å². The molecule has 3 aromatic rings. The average molecular weight is 295 g/mol. The van der Waals surface area contributed by atoms with Crippen molar-refractivity contribution in [2.45, 2.75) is 6.92 Å². The van der Waals surface area contributed by atoms with Gasteiger partial charge in [0.15, 0.2) is 5.69 Å². The number of amides is 1. The van der Waals surface area contributed by atoms with Crippen molar-refractivity contribution in [3.63, 3.8) is 0 Å². The highest BCUT2D eigenvalue weighted by Gasteiger charge is 2.15. The zero-order valence-corrected chi connectivity index (χ0v) is 12.7. The van der Waals surface area contributed by atoms with Crippen LogP contribution in [0, 0.1) is 6.92 Å². The number of hydrogen-bond donors (Lipinski definition) is 1. The number of rotatable bonds is 3. The van der Waals surface area contributed by atoms with E-state index in [1.54, 1.807) is 21.6 Å². The number of carbonyl (C=O) groups is 1. The van der Waals surface area contributed by atoms with Crippen LogP contribution in [0.1, 0.15) is 16.2 Å². The van der Waals surface area contributed by atoms with E-state index >= 15 is 0 Å². The summed E-state index contributed by atoms with van der Waals surface area (Å²) in [6.45, 7) is 1.90. The molecule has 1 amide bonds. The Kier molecular flexibility index (Phi) is 3.50. The van der Waals surface area contributed by atoms with Gasteiger partial charge in [0.2, 0.25) is 0 Å². The van der Waals surface area contributed by atoms with E-state index in [0.717, 1.165) is 17.0 Å². The standard InChI is InChI=1S/C16H17N5O/c1-11-14(10-17-20(11)2)18-16(22)13-9-15(21(3)19-13)12-7-5-4-6-8-12/h4-10H,1-3H3,(H,18,22). The van der Waals surface area contributed by atoms with Crippen LogP contribution in [0.15, 0.2) is 42.6 Å². The second kappa shape index (κ2) is 5.48. The molecule has 1 N–H and O–H groups in total. The molecule has 0 spiro atoms. The lowest BCUT2D eigenvalue weighted by atomic mass is 10.1. The molecule has 0 saturated carbocycles. The van der Waals surface area contributed by atoms with E-state index in [9.17, 15) is 4.79 Å². The van der Waals surface area contributed by atoms with Crippen molar-refractivity contribution >= 4 is 11.6 Å². The van der Waals surface area contributed by atoms with Crippen LogP contribution in [0.5, 0.6) is 0 Å². The Labute approximate surface area is 128 Å². The molecule has 0 saturated heterocycles. The third-order valence-electron chi connectivity index (χ3n) is 3.67. The maximum absolute atomic E-state index is 12.3. The molecule has 6 heteroatoms.